The predicted molar refractivity (Wildman–Crippen MR) is 53.2 cm³/mol. The van der Waals surface area contributed by atoms with Crippen molar-refractivity contribution in [2.75, 3.05) is 20.2 Å². The van der Waals surface area contributed by atoms with Gasteiger partial charge >= 0.3 is 5.97 Å². The topological polar surface area (TPSA) is 51.2 Å². The van der Waals surface area contributed by atoms with Crippen LogP contribution in [0.15, 0.2) is 10.9 Å². The van der Waals surface area contributed by atoms with Crippen molar-refractivity contribution in [2.24, 2.45) is 5.92 Å². The first-order valence-corrected chi connectivity index (χ1v) is 5.44. The van der Waals surface area contributed by atoms with E-state index >= 15 is 0 Å². The van der Waals surface area contributed by atoms with Gasteiger partial charge < -0.3 is 10.1 Å². The van der Waals surface area contributed by atoms with Crippen LogP contribution < -0.4 is 5.32 Å². The number of hydrogen-bond donors (Lipinski definition) is 1. The summed E-state index contributed by atoms with van der Waals surface area (Å²) in [5, 5.41) is 5.18. The zero-order chi connectivity index (χ0) is 9.97. The van der Waals surface area contributed by atoms with Crippen LogP contribution in [0.2, 0.25) is 0 Å². The minimum Gasteiger partial charge on any atom is -0.469 e. The Morgan fingerprint density at radius 2 is 2.57 bits per heavy atom. The first-order chi connectivity index (χ1) is 6.83. The number of carbonyl (C=O) groups is 1. The van der Waals surface area contributed by atoms with Crippen molar-refractivity contribution in [3.63, 3.8) is 0 Å². The Balaban J connectivity index is 2.15. The molecule has 2 heterocycles. The number of thiazole rings is 1. The first kappa shape index (κ1) is 9.61. The van der Waals surface area contributed by atoms with Crippen LogP contribution in [0.25, 0.3) is 0 Å². The fraction of sp³-hybridized carbons (Fsp3) is 0.556. The second-order valence-electron chi connectivity index (χ2n) is 3.31. The number of ether oxygens (including phenoxy) is 1. The van der Waals surface area contributed by atoms with Crippen molar-refractivity contribution < 1.29 is 9.53 Å². The van der Waals surface area contributed by atoms with Crippen molar-refractivity contribution in [3.05, 3.63) is 16.6 Å². The Hall–Kier alpha value is -0.940. The fourth-order valence-corrected chi connectivity index (χ4v) is 2.41. The number of nitrogens with one attached hydrogen (secondary N) is 1. The van der Waals surface area contributed by atoms with Gasteiger partial charge in [0.05, 0.1) is 24.2 Å². The maximum Gasteiger partial charge on any atom is 0.310 e. The predicted octanol–water partition coefficient (Wildman–Crippen LogP) is 0.619. The van der Waals surface area contributed by atoms with E-state index in [9.17, 15) is 4.79 Å². The van der Waals surface area contributed by atoms with Crippen molar-refractivity contribution in [1.29, 1.82) is 0 Å². The molecule has 1 fully saturated rings. The molecule has 0 spiro atoms. The van der Waals surface area contributed by atoms with Gasteiger partial charge in [-0.05, 0) is 0 Å². The molecule has 0 aliphatic carbocycles. The average molecular weight is 212 g/mol. The van der Waals surface area contributed by atoms with Crippen LogP contribution in [-0.2, 0) is 9.53 Å². The molecule has 2 atom stereocenters. The molecule has 0 saturated carbocycles. The number of aromatic nitrogens is 1. The summed E-state index contributed by atoms with van der Waals surface area (Å²) in [6.07, 6.45) is 0. The third-order valence-electron chi connectivity index (χ3n) is 2.55. The zero-order valence-electron chi connectivity index (χ0n) is 7.90. The third kappa shape index (κ3) is 1.65. The summed E-state index contributed by atoms with van der Waals surface area (Å²) in [4.78, 5) is 15.7. The largest absolute Gasteiger partial charge is 0.469 e. The molecule has 76 valence electrons. The molecule has 1 aliphatic rings. The van der Waals surface area contributed by atoms with E-state index in [0.717, 1.165) is 12.2 Å². The van der Waals surface area contributed by atoms with E-state index in [4.69, 9.17) is 4.74 Å². The third-order valence-corrected chi connectivity index (χ3v) is 3.15. The average Bonchev–Trinajstić information content (AvgIpc) is 2.85. The van der Waals surface area contributed by atoms with E-state index in [0.29, 0.717) is 6.54 Å². The standard InChI is InChI=1S/C9H12N2O2S/c1-13-9(12)7-3-10-2-6(7)8-4-14-5-11-8/h4-7,10H,2-3H2,1H3. The second-order valence-corrected chi connectivity index (χ2v) is 4.03. The number of hydrogen-bond acceptors (Lipinski definition) is 5. The summed E-state index contributed by atoms with van der Waals surface area (Å²) in [7, 11) is 1.43. The first-order valence-electron chi connectivity index (χ1n) is 4.49. The zero-order valence-corrected chi connectivity index (χ0v) is 8.71. The van der Waals surface area contributed by atoms with Gasteiger partial charge in [0, 0.05) is 24.4 Å². The quantitative estimate of drug-likeness (QED) is 0.730. The van der Waals surface area contributed by atoms with Gasteiger partial charge in [-0.25, -0.2) is 4.98 Å². The highest BCUT2D eigenvalue weighted by molar-refractivity contribution is 7.07. The highest BCUT2D eigenvalue weighted by Crippen LogP contribution is 2.28. The molecule has 1 aliphatic heterocycles. The molecule has 14 heavy (non-hydrogen) atoms. The van der Waals surface area contributed by atoms with Gasteiger partial charge in [-0.1, -0.05) is 0 Å². The maximum absolute atomic E-state index is 11.4. The van der Waals surface area contributed by atoms with Gasteiger partial charge in [0.25, 0.3) is 0 Å². The number of carbonyl (C=O) groups excluding carboxylic acids is 1. The summed E-state index contributed by atoms with van der Waals surface area (Å²) in [6.45, 7) is 1.50. The second kappa shape index (κ2) is 4.06. The van der Waals surface area contributed by atoms with Crippen LogP contribution in [0, 0.1) is 5.92 Å². The van der Waals surface area contributed by atoms with Crippen molar-refractivity contribution >= 4 is 17.3 Å². The molecular formula is C9H12N2O2S. The van der Waals surface area contributed by atoms with Crippen LogP contribution >= 0.6 is 11.3 Å². The number of nitrogens with zero attached hydrogens (tertiary/aromatic N) is 1. The summed E-state index contributed by atoms with van der Waals surface area (Å²) < 4.78 is 4.76. The Morgan fingerprint density at radius 1 is 1.71 bits per heavy atom. The van der Waals surface area contributed by atoms with E-state index in [1.807, 2.05) is 5.38 Å². The molecule has 1 aromatic rings. The lowest BCUT2D eigenvalue weighted by Gasteiger charge is -2.13. The number of esters is 1. The molecule has 0 bridgehead atoms. The van der Waals surface area contributed by atoms with Gasteiger partial charge in [-0.2, -0.15) is 0 Å². The smallest absolute Gasteiger partial charge is 0.310 e. The molecule has 4 nitrogen and oxygen atoms in total. The van der Waals surface area contributed by atoms with E-state index in [2.05, 4.69) is 10.3 Å². The summed E-state index contributed by atoms with van der Waals surface area (Å²) in [5.41, 5.74) is 2.79. The van der Waals surface area contributed by atoms with Crippen LogP contribution in [0.1, 0.15) is 11.6 Å². The SMILES string of the molecule is COC(=O)C1CNCC1c1cscn1. The Bertz CT molecular complexity index is 313. The Kier molecular flexibility index (Phi) is 2.79. The summed E-state index contributed by atoms with van der Waals surface area (Å²) in [5.74, 6) is -0.0520. The van der Waals surface area contributed by atoms with Gasteiger partial charge in [0.2, 0.25) is 0 Å². The lowest BCUT2D eigenvalue weighted by Crippen LogP contribution is -2.23. The van der Waals surface area contributed by atoms with E-state index in [-0.39, 0.29) is 17.8 Å². The maximum atomic E-state index is 11.4. The molecule has 5 heteroatoms. The normalized spacial score (nSPS) is 26.4. The molecule has 1 N–H and O–H groups in total. The minimum atomic E-state index is -0.145. The van der Waals surface area contributed by atoms with Crippen LogP contribution in [0.5, 0.6) is 0 Å². The van der Waals surface area contributed by atoms with Crippen LogP contribution in [0.4, 0.5) is 0 Å². The van der Waals surface area contributed by atoms with Crippen LogP contribution in [0.3, 0.4) is 0 Å². The van der Waals surface area contributed by atoms with E-state index in [1.54, 1.807) is 16.8 Å². The highest BCUT2D eigenvalue weighted by Gasteiger charge is 2.35. The lowest BCUT2D eigenvalue weighted by atomic mass is 9.94. The summed E-state index contributed by atoms with van der Waals surface area (Å²) in [6, 6.07) is 0. The van der Waals surface area contributed by atoms with Gasteiger partial charge in [0.15, 0.2) is 0 Å². The van der Waals surface area contributed by atoms with Crippen molar-refractivity contribution in [2.45, 2.75) is 5.92 Å². The molecule has 2 rings (SSSR count). The highest BCUT2D eigenvalue weighted by atomic mass is 32.1. The van der Waals surface area contributed by atoms with Gasteiger partial charge in [0.1, 0.15) is 0 Å². The fourth-order valence-electron chi connectivity index (χ4n) is 1.79. The lowest BCUT2D eigenvalue weighted by molar-refractivity contribution is -0.145. The molecule has 1 aromatic heterocycles. The van der Waals surface area contributed by atoms with Crippen molar-refractivity contribution in [1.82, 2.24) is 10.3 Å². The minimum absolute atomic E-state index is 0.0814. The van der Waals surface area contributed by atoms with E-state index in [1.165, 1.54) is 7.11 Å². The number of rotatable bonds is 2. The molecule has 0 aromatic carbocycles. The van der Waals surface area contributed by atoms with Crippen molar-refractivity contribution in [3.8, 4) is 0 Å². The number of methoxy groups -OCH3 is 1. The van der Waals surface area contributed by atoms with Gasteiger partial charge in [-0.3, -0.25) is 4.79 Å². The monoisotopic (exact) mass is 212 g/mol. The molecular weight excluding hydrogens is 200 g/mol. The Morgan fingerprint density at radius 3 is 3.21 bits per heavy atom. The molecule has 1 saturated heterocycles. The van der Waals surface area contributed by atoms with E-state index < -0.39 is 0 Å². The molecule has 2 unspecified atom stereocenters. The van der Waals surface area contributed by atoms with Gasteiger partial charge in [-0.15, -0.1) is 11.3 Å². The summed E-state index contributed by atoms with van der Waals surface area (Å²) >= 11 is 1.56. The van der Waals surface area contributed by atoms with Crippen LogP contribution in [-0.4, -0.2) is 31.2 Å². The molecule has 0 amide bonds. The Labute approximate surface area is 86.3 Å². The molecule has 0 radical (unpaired) electrons.